The Morgan fingerprint density at radius 3 is 1.83 bits per heavy atom. The number of benzene rings is 2. The van der Waals surface area contributed by atoms with Gasteiger partial charge in [0, 0.05) is 23.5 Å². The molecule has 35 heavy (non-hydrogen) atoms. The van der Waals surface area contributed by atoms with E-state index in [1.807, 2.05) is 74.8 Å². The van der Waals surface area contributed by atoms with E-state index in [9.17, 15) is 4.39 Å². The van der Waals surface area contributed by atoms with E-state index in [4.69, 9.17) is 9.47 Å². The lowest BCUT2D eigenvalue weighted by molar-refractivity contribution is 0.155. The molecule has 1 unspecified atom stereocenters. The molecule has 0 saturated heterocycles. The average molecular weight is 479 g/mol. The van der Waals surface area contributed by atoms with Gasteiger partial charge < -0.3 is 9.47 Å². The van der Waals surface area contributed by atoms with Crippen LogP contribution in [0.25, 0.3) is 22.5 Å². The summed E-state index contributed by atoms with van der Waals surface area (Å²) in [4.78, 5) is 9.08. The van der Waals surface area contributed by atoms with Gasteiger partial charge in [0.2, 0.25) is 0 Å². The largest absolute Gasteiger partial charge is 0.494 e. The lowest BCUT2D eigenvalue weighted by Gasteiger charge is -2.13. The van der Waals surface area contributed by atoms with Gasteiger partial charge in [-0.25, -0.2) is 14.4 Å². The van der Waals surface area contributed by atoms with Gasteiger partial charge in [-0.05, 0) is 54.3 Å². The standard InChI is InChI=1S/C30H39FN2O2/c1-4-5-6-7-8-9-10-19-34-27-17-13-25(14-18-27)30-32-20-26(21-33-30)24-11-15-28(16-12-24)35-22-29(31)23(2)3/h11-18,20-21,23,29H,4-10,19,22H2,1-3H3. The molecule has 188 valence electrons. The highest BCUT2D eigenvalue weighted by Crippen LogP contribution is 2.24. The van der Waals surface area contributed by atoms with Crippen molar-refractivity contribution in [1.82, 2.24) is 9.97 Å². The van der Waals surface area contributed by atoms with Crippen LogP contribution in [0.2, 0.25) is 0 Å². The fourth-order valence-electron chi connectivity index (χ4n) is 3.69. The third kappa shape index (κ3) is 8.97. The lowest BCUT2D eigenvalue weighted by Crippen LogP contribution is -2.18. The summed E-state index contributed by atoms with van der Waals surface area (Å²) in [5, 5.41) is 0. The molecule has 3 aromatic rings. The van der Waals surface area contributed by atoms with Crippen molar-refractivity contribution in [2.45, 2.75) is 71.9 Å². The molecule has 4 nitrogen and oxygen atoms in total. The van der Waals surface area contributed by atoms with Crippen LogP contribution in [0.15, 0.2) is 60.9 Å². The molecule has 3 rings (SSSR count). The molecule has 0 aliphatic rings. The van der Waals surface area contributed by atoms with Crippen LogP contribution in [-0.4, -0.2) is 29.4 Å². The topological polar surface area (TPSA) is 44.2 Å². The van der Waals surface area contributed by atoms with E-state index >= 15 is 0 Å². The number of ether oxygens (including phenoxy) is 2. The van der Waals surface area contributed by atoms with Crippen LogP contribution in [0.5, 0.6) is 11.5 Å². The zero-order valence-electron chi connectivity index (χ0n) is 21.4. The predicted octanol–water partition coefficient (Wildman–Crippen LogP) is 8.31. The molecular formula is C30H39FN2O2. The number of nitrogens with zero attached hydrogens (tertiary/aromatic N) is 2. The summed E-state index contributed by atoms with van der Waals surface area (Å²) in [6.45, 7) is 6.77. The van der Waals surface area contributed by atoms with Gasteiger partial charge in [0.05, 0.1) is 6.61 Å². The van der Waals surface area contributed by atoms with E-state index in [0.29, 0.717) is 11.6 Å². The minimum atomic E-state index is -0.971. The van der Waals surface area contributed by atoms with Crippen LogP contribution in [0.1, 0.15) is 65.7 Å². The Balaban J connectivity index is 1.46. The summed E-state index contributed by atoms with van der Waals surface area (Å²) < 4.78 is 25.2. The number of aromatic nitrogens is 2. The number of hydrogen-bond acceptors (Lipinski definition) is 4. The third-order valence-corrected chi connectivity index (χ3v) is 6.10. The van der Waals surface area contributed by atoms with E-state index in [1.54, 1.807) is 0 Å². The summed E-state index contributed by atoms with van der Waals surface area (Å²) in [5.41, 5.74) is 2.86. The van der Waals surface area contributed by atoms with Crippen molar-refractivity contribution >= 4 is 0 Å². The molecule has 0 N–H and O–H groups in total. The number of hydrogen-bond donors (Lipinski definition) is 0. The van der Waals surface area contributed by atoms with E-state index < -0.39 is 6.17 Å². The molecule has 1 heterocycles. The maximum atomic E-state index is 13.7. The molecule has 0 amide bonds. The lowest BCUT2D eigenvalue weighted by atomic mass is 10.1. The Morgan fingerprint density at radius 1 is 0.686 bits per heavy atom. The summed E-state index contributed by atoms with van der Waals surface area (Å²) in [6, 6.07) is 15.5. The Hall–Kier alpha value is -2.95. The number of rotatable bonds is 15. The molecule has 2 aromatic carbocycles. The summed E-state index contributed by atoms with van der Waals surface area (Å²) >= 11 is 0. The normalized spacial score (nSPS) is 12.0. The minimum Gasteiger partial charge on any atom is -0.494 e. The van der Waals surface area contributed by atoms with Crippen LogP contribution in [0.4, 0.5) is 4.39 Å². The molecule has 0 aliphatic heterocycles. The van der Waals surface area contributed by atoms with E-state index in [-0.39, 0.29) is 12.5 Å². The van der Waals surface area contributed by atoms with Crippen molar-refractivity contribution in [2.24, 2.45) is 5.92 Å². The van der Waals surface area contributed by atoms with Crippen molar-refractivity contribution in [2.75, 3.05) is 13.2 Å². The maximum Gasteiger partial charge on any atom is 0.159 e. The Labute approximate surface area is 209 Å². The SMILES string of the molecule is CCCCCCCCCOc1ccc(-c2ncc(-c3ccc(OCC(F)C(C)C)cc3)cn2)cc1. The molecule has 1 aromatic heterocycles. The molecule has 0 fully saturated rings. The molecule has 0 aliphatic carbocycles. The van der Waals surface area contributed by atoms with Crippen LogP contribution in [0, 0.1) is 5.92 Å². The summed E-state index contributed by atoms with van der Waals surface area (Å²) in [5.74, 6) is 2.16. The van der Waals surface area contributed by atoms with Crippen LogP contribution in [-0.2, 0) is 0 Å². The van der Waals surface area contributed by atoms with Crippen LogP contribution in [0.3, 0.4) is 0 Å². The third-order valence-electron chi connectivity index (χ3n) is 6.10. The van der Waals surface area contributed by atoms with Crippen LogP contribution < -0.4 is 9.47 Å². The number of halogens is 1. The van der Waals surface area contributed by atoms with Crippen molar-refractivity contribution in [3.05, 3.63) is 60.9 Å². The Bertz CT molecular complexity index is 973. The van der Waals surface area contributed by atoms with Gasteiger partial charge >= 0.3 is 0 Å². The molecule has 0 radical (unpaired) electrons. The van der Waals surface area contributed by atoms with E-state index in [2.05, 4.69) is 16.9 Å². The van der Waals surface area contributed by atoms with Crippen molar-refractivity contribution in [3.8, 4) is 34.0 Å². The number of unbranched alkanes of at least 4 members (excludes halogenated alkanes) is 6. The maximum absolute atomic E-state index is 13.7. The van der Waals surface area contributed by atoms with Gasteiger partial charge in [-0.15, -0.1) is 0 Å². The van der Waals surface area contributed by atoms with Gasteiger partial charge in [-0.1, -0.05) is 71.4 Å². The molecule has 1 atom stereocenters. The monoisotopic (exact) mass is 478 g/mol. The first kappa shape index (κ1) is 26.7. The second-order valence-corrected chi connectivity index (χ2v) is 9.38. The first-order chi connectivity index (χ1) is 17.1. The second-order valence-electron chi connectivity index (χ2n) is 9.38. The highest BCUT2D eigenvalue weighted by molar-refractivity contribution is 5.64. The van der Waals surface area contributed by atoms with Crippen molar-refractivity contribution in [1.29, 1.82) is 0 Å². The van der Waals surface area contributed by atoms with E-state index in [1.165, 1.54) is 38.5 Å². The second kappa shape index (κ2) is 14.4. The Morgan fingerprint density at radius 2 is 1.23 bits per heavy atom. The molecular weight excluding hydrogens is 439 g/mol. The molecule has 0 saturated carbocycles. The van der Waals surface area contributed by atoms with Gasteiger partial charge in [0.15, 0.2) is 5.82 Å². The van der Waals surface area contributed by atoms with Gasteiger partial charge in [0.1, 0.15) is 24.3 Å². The molecule has 5 heteroatoms. The molecule has 0 bridgehead atoms. The first-order valence-electron chi connectivity index (χ1n) is 13.0. The highest BCUT2D eigenvalue weighted by Gasteiger charge is 2.12. The Kier molecular flexibility index (Phi) is 11.0. The van der Waals surface area contributed by atoms with Crippen molar-refractivity contribution < 1.29 is 13.9 Å². The van der Waals surface area contributed by atoms with Gasteiger partial charge in [-0.3, -0.25) is 0 Å². The summed E-state index contributed by atoms with van der Waals surface area (Å²) in [7, 11) is 0. The van der Waals surface area contributed by atoms with Crippen LogP contribution >= 0.6 is 0 Å². The van der Waals surface area contributed by atoms with E-state index in [0.717, 1.165) is 35.5 Å². The van der Waals surface area contributed by atoms with Gasteiger partial charge in [0.25, 0.3) is 0 Å². The minimum absolute atomic E-state index is 0.0522. The average Bonchev–Trinajstić information content (AvgIpc) is 2.89. The zero-order chi connectivity index (χ0) is 24.9. The zero-order valence-corrected chi connectivity index (χ0v) is 21.4. The smallest absolute Gasteiger partial charge is 0.159 e. The van der Waals surface area contributed by atoms with Crippen molar-refractivity contribution in [3.63, 3.8) is 0 Å². The quantitative estimate of drug-likeness (QED) is 0.206. The van der Waals surface area contributed by atoms with Gasteiger partial charge in [-0.2, -0.15) is 0 Å². The number of alkyl halides is 1. The molecule has 0 spiro atoms. The fraction of sp³-hybridized carbons (Fsp3) is 0.467. The highest BCUT2D eigenvalue weighted by atomic mass is 19.1. The predicted molar refractivity (Wildman–Crippen MR) is 142 cm³/mol. The first-order valence-corrected chi connectivity index (χ1v) is 13.0. The fourth-order valence-corrected chi connectivity index (χ4v) is 3.69. The summed E-state index contributed by atoms with van der Waals surface area (Å²) in [6.07, 6.45) is 11.6.